The number of imidazole rings is 1. The quantitative estimate of drug-likeness (QED) is 0.486. The smallest absolute Gasteiger partial charge is 0.390 e. The predicted molar refractivity (Wildman–Crippen MR) is 39.2 cm³/mol. The van der Waals surface area contributed by atoms with Crippen molar-refractivity contribution in [2.75, 3.05) is 0 Å². The summed E-state index contributed by atoms with van der Waals surface area (Å²) >= 11 is 0. The fraction of sp³-hybridized carbons (Fsp3) is 0.500. The van der Waals surface area contributed by atoms with Crippen molar-refractivity contribution in [1.82, 2.24) is 9.55 Å². The van der Waals surface area contributed by atoms with Gasteiger partial charge in [-0.05, 0) is 11.3 Å². The second-order valence-electron chi connectivity index (χ2n) is 2.18. The molecule has 0 saturated heterocycles. The van der Waals surface area contributed by atoms with Crippen LogP contribution in [0, 0.1) is 10.1 Å². The van der Waals surface area contributed by atoms with Crippen molar-refractivity contribution >= 4 is 5.95 Å². The second kappa shape index (κ2) is 3.14. The molecule has 1 heterocycles. The maximum atomic E-state index is 10.3. The molecule has 5 nitrogen and oxygen atoms in total. The van der Waals surface area contributed by atoms with E-state index in [0.717, 1.165) is 6.42 Å². The largest absolute Gasteiger partial charge is 0.434 e. The Bertz CT molecular complexity index is 256. The highest BCUT2D eigenvalue weighted by Gasteiger charge is 2.11. The number of aromatic nitrogens is 2. The molecule has 0 aromatic carbocycles. The van der Waals surface area contributed by atoms with Crippen LogP contribution in [-0.4, -0.2) is 14.5 Å². The summed E-state index contributed by atoms with van der Waals surface area (Å²) in [5.41, 5.74) is 0. The molecule has 0 unspecified atom stereocenters. The molecule has 0 bridgehead atoms. The van der Waals surface area contributed by atoms with Gasteiger partial charge in [-0.15, -0.1) is 0 Å². The molecule has 1 rings (SSSR count). The van der Waals surface area contributed by atoms with E-state index < -0.39 is 4.92 Å². The summed E-state index contributed by atoms with van der Waals surface area (Å²) in [4.78, 5) is 13.4. The molecule has 60 valence electrons. The van der Waals surface area contributed by atoms with Crippen LogP contribution in [0.5, 0.6) is 0 Å². The first kappa shape index (κ1) is 7.71. The third kappa shape index (κ3) is 1.54. The molecule has 0 N–H and O–H groups in total. The molecule has 5 heteroatoms. The average molecular weight is 155 g/mol. The van der Waals surface area contributed by atoms with Gasteiger partial charge in [-0.2, -0.15) is 0 Å². The van der Waals surface area contributed by atoms with Gasteiger partial charge in [0.25, 0.3) is 0 Å². The predicted octanol–water partition coefficient (Wildman–Crippen LogP) is 1.20. The Morgan fingerprint density at radius 3 is 3.09 bits per heavy atom. The van der Waals surface area contributed by atoms with Gasteiger partial charge in [-0.25, -0.2) is 4.57 Å². The highest BCUT2D eigenvalue weighted by atomic mass is 16.6. The number of hydrogen-bond acceptors (Lipinski definition) is 3. The van der Waals surface area contributed by atoms with Crippen molar-refractivity contribution in [3.8, 4) is 0 Å². The molecule has 0 saturated carbocycles. The highest BCUT2D eigenvalue weighted by Crippen LogP contribution is 2.07. The molecule has 0 fully saturated rings. The van der Waals surface area contributed by atoms with Crippen LogP contribution in [0.15, 0.2) is 12.4 Å². The molecule has 0 aliphatic carbocycles. The lowest BCUT2D eigenvalue weighted by Crippen LogP contribution is -2.01. The zero-order chi connectivity index (χ0) is 8.27. The van der Waals surface area contributed by atoms with Crippen molar-refractivity contribution < 1.29 is 4.92 Å². The molecule has 11 heavy (non-hydrogen) atoms. The van der Waals surface area contributed by atoms with E-state index in [1.54, 1.807) is 6.20 Å². The van der Waals surface area contributed by atoms with E-state index in [-0.39, 0.29) is 5.95 Å². The van der Waals surface area contributed by atoms with Crippen molar-refractivity contribution in [3.05, 3.63) is 22.5 Å². The summed E-state index contributed by atoms with van der Waals surface area (Å²) in [6, 6.07) is 0. The summed E-state index contributed by atoms with van der Waals surface area (Å²) < 4.78 is 1.53. The summed E-state index contributed by atoms with van der Waals surface area (Å²) in [5, 5.41) is 10.3. The summed E-state index contributed by atoms with van der Waals surface area (Å²) in [6.45, 7) is 2.61. The molecule has 1 aromatic rings. The van der Waals surface area contributed by atoms with Crippen LogP contribution in [-0.2, 0) is 6.54 Å². The number of hydrogen-bond donors (Lipinski definition) is 0. The molecule has 1 aromatic heterocycles. The van der Waals surface area contributed by atoms with Gasteiger partial charge < -0.3 is 10.1 Å². The van der Waals surface area contributed by atoms with Gasteiger partial charge in [-0.3, -0.25) is 0 Å². The standard InChI is InChI=1S/C6H9N3O2/c1-2-4-8-5-3-7-6(8)9(10)11/h3,5H,2,4H2,1H3. The van der Waals surface area contributed by atoms with Gasteiger partial charge in [0, 0.05) is 0 Å². The van der Waals surface area contributed by atoms with E-state index in [9.17, 15) is 10.1 Å². The molecule has 0 radical (unpaired) electrons. The number of nitro groups is 1. The van der Waals surface area contributed by atoms with Crippen LogP contribution >= 0.6 is 0 Å². The highest BCUT2D eigenvalue weighted by molar-refractivity contribution is 5.05. The van der Waals surface area contributed by atoms with Gasteiger partial charge in [0.05, 0.1) is 6.54 Å². The zero-order valence-corrected chi connectivity index (χ0v) is 6.23. The Kier molecular flexibility index (Phi) is 2.20. The zero-order valence-electron chi connectivity index (χ0n) is 6.23. The SMILES string of the molecule is CCCn1ccnc1[N+](=O)[O-]. The second-order valence-corrected chi connectivity index (χ2v) is 2.18. The number of aryl methyl sites for hydroxylation is 1. The molecule has 0 aliphatic rings. The first-order chi connectivity index (χ1) is 5.25. The van der Waals surface area contributed by atoms with E-state index in [4.69, 9.17) is 0 Å². The van der Waals surface area contributed by atoms with E-state index in [2.05, 4.69) is 4.98 Å². The van der Waals surface area contributed by atoms with Crippen molar-refractivity contribution in [3.63, 3.8) is 0 Å². The first-order valence-corrected chi connectivity index (χ1v) is 3.41. The molecule has 0 atom stereocenters. The van der Waals surface area contributed by atoms with E-state index >= 15 is 0 Å². The van der Waals surface area contributed by atoms with Crippen LogP contribution in [0.3, 0.4) is 0 Å². The van der Waals surface area contributed by atoms with Crippen molar-refractivity contribution in [2.24, 2.45) is 0 Å². The number of rotatable bonds is 3. The number of nitrogens with zero attached hydrogens (tertiary/aromatic N) is 3. The summed E-state index contributed by atoms with van der Waals surface area (Å²) in [5.74, 6) is -0.0770. The minimum atomic E-state index is -0.477. The monoisotopic (exact) mass is 155 g/mol. The van der Waals surface area contributed by atoms with Gasteiger partial charge in [0.15, 0.2) is 0 Å². The lowest BCUT2D eigenvalue weighted by molar-refractivity contribution is -0.396. The fourth-order valence-electron chi connectivity index (χ4n) is 0.889. The molecule has 0 spiro atoms. The molecular formula is C6H9N3O2. The molecule has 0 amide bonds. The summed E-state index contributed by atoms with van der Waals surface area (Å²) in [7, 11) is 0. The molecular weight excluding hydrogens is 146 g/mol. The Labute approximate surface area is 63.8 Å². The normalized spacial score (nSPS) is 9.91. The third-order valence-electron chi connectivity index (χ3n) is 1.32. The van der Waals surface area contributed by atoms with Crippen molar-refractivity contribution in [1.29, 1.82) is 0 Å². The fourth-order valence-corrected chi connectivity index (χ4v) is 0.889. The lowest BCUT2D eigenvalue weighted by Gasteiger charge is -1.96. The Morgan fingerprint density at radius 2 is 2.55 bits per heavy atom. The van der Waals surface area contributed by atoms with Gasteiger partial charge in [-0.1, -0.05) is 11.9 Å². The van der Waals surface area contributed by atoms with E-state index in [1.165, 1.54) is 10.8 Å². The van der Waals surface area contributed by atoms with Gasteiger partial charge >= 0.3 is 5.95 Å². The Balaban J connectivity index is 2.87. The summed E-state index contributed by atoms with van der Waals surface area (Å²) in [6.07, 6.45) is 3.92. The van der Waals surface area contributed by atoms with Crippen LogP contribution in [0.25, 0.3) is 0 Å². The van der Waals surface area contributed by atoms with Gasteiger partial charge in [0.1, 0.15) is 12.4 Å². The Hall–Kier alpha value is -1.39. The van der Waals surface area contributed by atoms with E-state index in [0.29, 0.717) is 6.54 Å². The van der Waals surface area contributed by atoms with E-state index in [1.807, 2.05) is 6.92 Å². The van der Waals surface area contributed by atoms with Crippen LogP contribution in [0.1, 0.15) is 13.3 Å². The molecule has 0 aliphatic heterocycles. The minimum Gasteiger partial charge on any atom is -0.390 e. The topological polar surface area (TPSA) is 61.0 Å². The van der Waals surface area contributed by atoms with Crippen LogP contribution in [0.4, 0.5) is 5.95 Å². The van der Waals surface area contributed by atoms with Crippen LogP contribution < -0.4 is 0 Å². The third-order valence-corrected chi connectivity index (χ3v) is 1.32. The van der Waals surface area contributed by atoms with Gasteiger partial charge in [0.2, 0.25) is 0 Å². The average Bonchev–Trinajstić information content (AvgIpc) is 2.36. The maximum absolute atomic E-state index is 10.3. The maximum Gasteiger partial charge on any atom is 0.434 e. The lowest BCUT2D eigenvalue weighted by atomic mass is 10.5. The van der Waals surface area contributed by atoms with Crippen LogP contribution in [0.2, 0.25) is 0 Å². The minimum absolute atomic E-state index is 0.0770. The van der Waals surface area contributed by atoms with Crippen molar-refractivity contribution in [2.45, 2.75) is 19.9 Å². The first-order valence-electron chi connectivity index (χ1n) is 3.41. The Morgan fingerprint density at radius 1 is 1.82 bits per heavy atom.